The molecule has 0 saturated heterocycles. The zero-order chi connectivity index (χ0) is 13.0. The summed E-state index contributed by atoms with van der Waals surface area (Å²) in [5.74, 6) is 1.49. The fraction of sp³-hybridized carbons (Fsp3) is 0.571. The lowest BCUT2D eigenvalue weighted by molar-refractivity contribution is 0.386. The molecular weight excluding hydrogens is 278 g/mol. The Bertz CT molecular complexity index is 377. The molecule has 0 spiro atoms. The molecule has 3 heteroatoms. The largest absolute Gasteiger partial charge is 0.496 e. The summed E-state index contributed by atoms with van der Waals surface area (Å²) in [7, 11) is 3.85. The van der Waals surface area contributed by atoms with Crippen LogP contribution >= 0.6 is 15.9 Å². The standard InChI is InChI=1S/C14H22BrNO/c1-10(2)13-7-12(8-16(4)9-15)11(3)6-14(13)17-5/h6-7,10H,8-9H2,1-5H3. The Hall–Kier alpha value is -0.540. The van der Waals surface area contributed by atoms with E-state index in [9.17, 15) is 0 Å². The summed E-state index contributed by atoms with van der Waals surface area (Å²) in [5, 5.41) is 0. The van der Waals surface area contributed by atoms with E-state index >= 15 is 0 Å². The molecule has 0 bridgehead atoms. The maximum absolute atomic E-state index is 5.45. The first-order chi connectivity index (χ1) is 7.99. The first-order valence-corrected chi connectivity index (χ1v) is 7.03. The van der Waals surface area contributed by atoms with Crippen LogP contribution in [0.4, 0.5) is 0 Å². The number of benzene rings is 1. The molecule has 0 unspecified atom stereocenters. The van der Waals surface area contributed by atoms with E-state index in [1.807, 2.05) is 0 Å². The number of halogens is 1. The highest BCUT2D eigenvalue weighted by Gasteiger charge is 2.11. The summed E-state index contributed by atoms with van der Waals surface area (Å²) in [6, 6.07) is 4.42. The van der Waals surface area contributed by atoms with Crippen molar-refractivity contribution in [3.8, 4) is 5.75 Å². The Kier molecular flexibility index (Phi) is 5.47. The van der Waals surface area contributed by atoms with Gasteiger partial charge in [0.2, 0.25) is 0 Å². The minimum atomic E-state index is 0.485. The molecule has 0 fully saturated rings. The monoisotopic (exact) mass is 299 g/mol. The van der Waals surface area contributed by atoms with Gasteiger partial charge in [-0.05, 0) is 42.6 Å². The number of ether oxygens (including phenoxy) is 1. The molecule has 0 atom stereocenters. The van der Waals surface area contributed by atoms with Crippen molar-refractivity contribution in [1.82, 2.24) is 4.90 Å². The van der Waals surface area contributed by atoms with Gasteiger partial charge in [-0.25, -0.2) is 0 Å². The van der Waals surface area contributed by atoms with Crippen molar-refractivity contribution in [2.75, 3.05) is 19.6 Å². The van der Waals surface area contributed by atoms with Gasteiger partial charge in [-0.15, -0.1) is 0 Å². The van der Waals surface area contributed by atoms with E-state index in [1.165, 1.54) is 16.7 Å². The highest BCUT2D eigenvalue weighted by molar-refractivity contribution is 9.09. The number of hydrogen-bond acceptors (Lipinski definition) is 2. The second-order valence-electron chi connectivity index (χ2n) is 4.81. The maximum Gasteiger partial charge on any atom is 0.122 e. The van der Waals surface area contributed by atoms with Gasteiger partial charge in [-0.2, -0.15) is 0 Å². The molecule has 0 aliphatic rings. The van der Waals surface area contributed by atoms with E-state index in [2.05, 4.69) is 60.8 Å². The summed E-state index contributed by atoms with van der Waals surface area (Å²) in [5.41, 5.74) is 4.83. The van der Waals surface area contributed by atoms with Crippen LogP contribution in [0.3, 0.4) is 0 Å². The lowest BCUT2D eigenvalue weighted by Gasteiger charge is -2.19. The van der Waals surface area contributed by atoms with Crippen molar-refractivity contribution >= 4 is 15.9 Å². The second kappa shape index (κ2) is 6.41. The molecule has 0 aromatic heterocycles. The van der Waals surface area contributed by atoms with Crippen molar-refractivity contribution in [2.24, 2.45) is 0 Å². The molecule has 2 nitrogen and oxygen atoms in total. The summed E-state index contributed by atoms with van der Waals surface area (Å²) < 4.78 is 5.45. The van der Waals surface area contributed by atoms with Gasteiger partial charge in [0.05, 0.1) is 12.6 Å². The molecule has 0 amide bonds. The van der Waals surface area contributed by atoms with Gasteiger partial charge in [-0.1, -0.05) is 35.8 Å². The van der Waals surface area contributed by atoms with Crippen LogP contribution in [0, 0.1) is 6.92 Å². The molecule has 0 N–H and O–H groups in total. The van der Waals surface area contributed by atoms with Crippen LogP contribution in [0.1, 0.15) is 36.5 Å². The second-order valence-corrected chi connectivity index (χ2v) is 5.31. The predicted molar refractivity (Wildman–Crippen MR) is 77.1 cm³/mol. The van der Waals surface area contributed by atoms with Crippen molar-refractivity contribution in [2.45, 2.75) is 33.2 Å². The summed E-state index contributed by atoms with van der Waals surface area (Å²) in [6.07, 6.45) is 0. The van der Waals surface area contributed by atoms with Gasteiger partial charge in [0.15, 0.2) is 0 Å². The normalized spacial score (nSPS) is 11.3. The number of rotatable bonds is 5. The highest BCUT2D eigenvalue weighted by atomic mass is 79.9. The molecule has 96 valence electrons. The summed E-state index contributed by atoms with van der Waals surface area (Å²) in [4.78, 5) is 2.24. The van der Waals surface area contributed by atoms with Crippen LogP contribution in [-0.4, -0.2) is 24.5 Å². The predicted octanol–water partition coefficient (Wildman–Crippen LogP) is 3.91. The van der Waals surface area contributed by atoms with Gasteiger partial charge >= 0.3 is 0 Å². The minimum absolute atomic E-state index is 0.485. The number of alkyl halides is 1. The Morgan fingerprint density at radius 1 is 1.35 bits per heavy atom. The fourth-order valence-electron chi connectivity index (χ4n) is 1.88. The van der Waals surface area contributed by atoms with Crippen LogP contribution in [0.15, 0.2) is 12.1 Å². The average molecular weight is 300 g/mol. The first kappa shape index (κ1) is 14.5. The third kappa shape index (κ3) is 3.71. The molecule has 1 rings (SSSR count). The Balaban J connectivity index is 3.10. The van der Waals surface area contributed by atoms with Crippen molar-refractivity contribution in [3.63, 3.8) is 0 Å². The molecule has 0 aliphatic carbocycles. The zero-order valence-corrected chi connectivity index (χ0v) is 13.0. The average Bonchev–Trinajstić information content (AvgIpc) is 2.30. The van der Waals surface area contributed by atoms with Gasteiger partial charge < -0.3 is 4.74 Å². The molecule has 1 aromatic carbocycles. The van der Waals surface area contributed by atoms with E-state index in [-0.39, 0.29) is 0 Å². The quantitative estimate of drug-likeness (QED) is 0.604. The third-order valence-corrected chi connectivity index (χ3v) is 3.81. The number of nitrogens with zero attached hydrogens (tertiary/aromatic N) is 1. The number of methoxy groups -OCH3 is 1. The topological polar surface area (TPSA) is 12.5 Å². The maximum atomic E-state index is 5.45. The van der Waals surface area contributed by atoms with Gasteiger partial charge in [0.1, 0.15) is 5.75 Å². The van der Waals surface area contributed by atoms with E-state index < -0.39 is 0 Å². The molecular formula is C14H22BrNO. The van der Waals surface area contributed by atoms with E-state index in [0.717, 1.165) is 17.7 Å². The third-order valence-electron chi connectivity index (χ3n) is 2.95. The van der Waals surface area contributed by atoms with Crippen LogP contribution in [-0.2, 0) is 6.54 Å². The van der Waals surface area contributed by atoms with Crippen LogP contribution in [0.2, 0.25) is 0 Å². The van der Waals surface area contributed by atoms with Crippen LogP contribution in [0.25, 0.3) is 0 Å². The zero-order valence-electron chi connectivity index (χ0n) is 11.4. The first-order valence-electron chi connectivity index (χ1n) is 5.91. The molecule has 0 heterocycles. The van der Waals surface area contributed by atoms with E-state index in [0.29, 0.717) is 5.92 Å². The summed E-state index contributed by atoms with van der Waals surface area (Å²) >= 11 is 3.47. The molecule has 1 aromatic rings. The Morgan fingerprint density at radius 2 is 2.00 bits per heavy atom. The molecule has 17 heavy (non-hydrogen) atoms. The molecule has 0 saturated carbocycles. The lowest BCUT2D eigenvalue weighted by atomic mass is 9.96. The lowest BCUT2D eigenvalue weighted by Crippen LogP contribution is -2.16. The van der Waals surface area contributed by atoms with Gasteiger partial charge in [-0.3, -0.25) is 4.90 Å². The SMILES string of the molecule is COc1cc(C)c(CN(C)CBr)cc1C(C)C. The van der Waals surface area contributed by atoms with Crippen LogP contribution in [0.5, 0.6) is 5.75 Å². The molecule has 0 aliphatic heterocycles. The number of aryl methyl sites for hydroxylation is 1. The van der Waals surface area contributed by atoms with Crippen molar-refractivity contribution in [1.29, 1.82) is 0 Å². The Labute approximate surface area is 113 Å². The van der Waals surface area contributed by atoms with Crippen LogP contribution < -0.4 is 4.74 Å². The number of hydrogen-bond donors (Lipinski definition) is 0. The van der Waals surface area contributed by atoms with E-state index in [4.69, 9.17) is 4.74 Å². The highest BCUT2D eigenvalue weighted by Crippen LogP contribution is 2.30. The fourth-order valence-corrected chi connectivity index (χ4v) is 2.05. The van der Waals surface area contributed by atoms with Crippen molar-refractivity contribution in [3.05, 3.63) is 28.8 Å². The van der Waals surface area contributed by atoms with Gasteiger partial charge in [0.25, 0.3) is 0 Å². The molecule has 0 radical (unpaired) electrons. The van der Waals surface area contributed by atoms with Crippen molar-refractivity contribution < 1.29 is 4.74 Å². The van der Waals surface area contributed by atoms with Gasteiger partial charge in [0, 0.05) is 6.54 Å². The van der Waals surface area contributed by atoms with E-state index in [1.54, 1.807) is 7.11 Å². The minimum Gasteiger partial charge on any atom is -0.496 e. The Morgan fingerprint density at radius 3 is 2.47 bits per heavy atom. The smallest absolute Gasteiger partial charge is 0.122 e. The summed E-state index contributed by atoms with van der Waals surface area (Å²) in [6.45, 7) is 7.50.